The summed E-state index contributed by atoms with van der Waals surface area (Å²) in [7, 11) is 1.56. The summed E-state index contributed by atoms with van der Waals surface area (Å²) >= 11 is -2.19. The summed E-state index contributed by atoms with van der Waals surface area (Å²) in [6.45, 7) is 1.79. The van der Waals surface area contributed by atoms with E-state index in [0.29, 0.717) is 45.2 Å². The molecule has 1 atom stereocenters. The standard InChI is InChI=1S/C20H18N4O4S/c1-12-17-19(24(20(25)22-17)15-7-4-8-16(10-15)28-2)23-18(21-12)14-6-3-5-13(9-14)11-29(26)27/h3-10H,11H2,1-2H3,(H,22,25)(H,26,27)/p-1. The molecule has 1 N–H and O–H groups in total. The highest BCUT2D eigenvalue weighted by atomic mass is 32.2. The lowest BCUT2D eigenvalue weighted by molar-refractivity contribution is 0.414. The average molecular weight is 409 g/mol. The molecule has 1 unspecified atom stereocenters. The minimum absolute atomic E-state index is 0.0895. The Kier molecular flexibility index (Phi) is 4.99. The van der Waals surface area contributed by atoms with Gasteiger partial charge in [-0.05, 0) is 30.7 Å². The van der Waals surface area contributed by atoms with E-state index in [-0.39, 0.29) is 11.4 Å². The molecule has 4 rings (SSSR count). The number of nitrogens with one attached hydrogen (secondary N) is 1. The number of nitrogens with zero attached hydrogens (tertiary/aromatic N) is 3. The molecule has 2 aromatic carbocycles. The lowest BCUT2D eigenvalue weighted by atomic mass is 10.1. The monoisotopic (exact) mass is 409 g/mol. The molecule has 0 amide bonds. The lowest BCUT2D eigenvalue weighted by Gasteiger charge is -2.09. The Bertz CT molecular complexity index is 1300. The number of imidazole rings is 1. The van der Waals surface area contributed by atoms with Crippen molar-refractivity contribution >= 4 is 22.2 Å². The van der Waals surface area contributed by atoms with Crippen LogP contribution in [0.2, 0.25) is 0 Å². The van der Waals surface area contributed by atoms with Crippen molar-refractivity contribution in [2.24, 2.45) is 0 Å². The Morgan fingerprint density at radius 2 is 1.97 bits per heavy atom. The molecule has 29 heavy (non-hydrogen) atoms. The SMILES string of the molecule is COc1cccc(-n2c(=O)[nH]c3c(C)nc(-c4cccc(CS(=O)[O-])c4)nc32)c1. The molecule has 0 saturated carbocycles. The second-order valence-corrected chi connectivity index (χ2v) is 7.34. The van der Waals surface area contributed by atoms with Crippen molar-refractivity contribution in [1.29, 1.82) is 0 Å². The summed E-state index contributed by atoms with van der Waals surface area (Å²) in [6.07, 6.45) is 0. The largest absolute Gasteiger partial charge is 0.772 e. The Labute approximate surface area is 168 Å². The number of aromatic amines is 1. The van der Waals surface area contributed by atoms with Gasteiger partial charge in [-0.3, -0.25) is 4.21 Å². The van der Waals surface area contributed by atoms with Gasteiger partial charge in [0, 0.05) is 17.4 Å². The number of rotatable bonds is 5. The van der Waals surface area contributed by atoms with Crippen LogP contribution < -0.4 is 10.4 Å². The molecule has 0 radical (unpaired) electrons. The van der Waals surface area contributed by atoms with Crippen molar-refractivity contribution in [2.45, 2.75) is 12.7 Å². The van der Waals surface area contributed by atoms with Crippen molar-refractivity contribution < 1.29 is 13.5 Å². The van der Waals surface area contributed by atoms with Crippen LogP contribution in [0.3, 0.4) is 0 Å². The number of hydrogen-bond acceptors (Lipinski definition) is 6. The van der Waals surface area contributed by atoms with Crippen LogP contribution in [0, 0.1) is 6.92 Å². The highest BCUT2D eigenvalue weighted by Crippen LogP contribution is 2.24. The molecular weight excluding hydrogens is 392 g/mol. The van der Waals surface area contributed by atoms with E-state index < -0.39 is 11.1 Å². The van der Waals surface area contributed by atoms with Crippen molar-refractivity contribution in [3.05, 3.63) is 70.3 Å². The average Bonchev–Trinajstić information content (AvgIpc) is 3.04. The van der Waals surface area contributed by atoms with E-state index in [4.69, 9.17) is 4.74 Å². The van der Waals surface area contributed by atoms with Gasteiger partial charge >= 0.3 is 5.69 Å². The van der Waals surface area contributed by atoms with E-state index in [1.807, 2.05) is 0 Å². The molecule has 0 fully saturated rings. The minimum Gasteiger partial charge on any atom is -0.772 e. The van der Waals surface area contributed by atoms with Gasteiger partial charge in [-0.1, -0.05) is 35.3 Å². The van der Waals surface area contributed by atoms with Crippen LogP contribution in [-0.2, 0) is 16.8 Å². The van der Waals surface area contributed by atoms with Crippen LogP contribution in [0.15, 0.2) is 53.3 Å². The maximum atomic E-state index is 12.6. The summed E-state index contributed by atoms with van der Waals surface area (Å²) in [5.74, 6) is 0.936. The zero-order valence-electron chi connectivity index (χ0n) is 15.7. The highest BCUT2D eigenvalue weighted by molar-refractivity contribution is 7.78. The maximum Gasteiger partial charge on any atom is 0.332 e. The first kappa shape index (κ1) is 19.0. The quantitative estimate of drug-likeness (QED) is 0.507. The van der Waals surface area contributed by atoms with Gasteiger partial charge in [0.05, 0.1) is 18.5 Å². The fraction of sp³-hybridized carbons (Fsp3) is 0.150. The third-order valence-corrected chi connectivity index (χ3v) is 5.07. The molecular formula is C20H17N4O4S-. The van der Waals surface area contributed by atoms with Crippen molar-refractivity contribution in [3.63, 3.8) is 0 Å². The molecule has 0 aliphatic carbocycles. The number of fused-ring (bicyclic) bond motifs is 1. The van der Waals surface area contributed by atoms with E-state index in [2.05, 4.69) is 15.0 Å². The molecule has 148 valence electrons. The third-order valence-electron chi connectivity index (χ3n) is 4.50. The predicted octanol–water partition coefficient (Wildman–Crippen LogP) is 2.47. The molecule has 2 heterocycles. The predicted molar refractivity (Wildman–Crippen MR) is 109 cm³/mol. The molecule has 0 spiro atoms. The Hall–Kier alpha value is -3.30. The number of methoxy groups -OCH3 is 1. The summed E-state index contributed by atoms with van der Waals surface area (Å²) in [5, 5.41) is 0. The highest BCUT2D eigenvalue weighted by Gasteiger charge is 2.16. The van der Waals surface area contributed by atoms with Gasteiger partial charge in [0.25, 0.3) is 0 Å². The van der Waals surface area contributed by atoms with Crippen LogP contribution in [0.1, 0.15) is 11.3 Å². The molecule has 9 heteroatoms. The third kappa shape index (κ3) is 3.69. The van der Waals surface area contributed by atoms with Crippen LogP contribution in [-0.4, -0.2) is 35.4 Å². The Morgan fingerprint density at radius 1 is 1.17 bits per heavy atom. The first-order valence-corrected chi connectivity index (χ1v) is 9.99. The fourth-order valence-electron chi connectivity index (χ4n) is 3.18. The summed E-state index contributed by atoms with van der Waals surface area (Å²) in [4.78, 5) is 24.6. The van der Waals surface area contributed by atoms with Crippen LogP contribution in [0.25, 0.3) is 28.2 Å². The first-order valence-electron chi connectivity index (χ1n) is 8.75. The van der Waals surface area contributed by atoms with E-state index in [9.17, 15) is 13.6 Å². The van der Waals surface area contributed by atoms with E-state index in [1.54, 1.807) is 62.6 Å². The van der Waals surface area contributed by atoms with E-state index in [0.717, 1.165) is 0 Å². The minimum atomic E-state index is -2.19. The topological polar surface area (TPSA) is 113 Å². The van der Waals surface area contributed by atoms with Gasteiger partial charge in [0.15, 0.2) is 11.5 Å². The van der Waals surface area contributed by atoms with Gasteiger partial charge in [-0.2, -0.15) is 0 Å². The molecule has 0 bridgehead atoms. The number of ether oxygens (including phenoxy) is 1. The van der Waals surface area contributed by atoms with E-state index in [1.165, 1.54) is 4.57 Å². The van der Waals surface area contributed by atoms with Crippen LogP contribution in [0.5, 0.6) is 5.75 Å². The first-order chi connectivity index (χ1) is 14.0. The number of H-pyrrole nitrogens is 1. The van der Waals surface area contributed by atoms with Gasteiger partial charge in [-0.25, -0.2) is 19.3 Å². The number of aromatic nitrogens is 4. The molecule has 4 aromatic rings. The Morgan fingerprint density at radius 3 is 2.72 bits per heavy atom. The van der Waals surface area contributed by atoms with Gasteiger partial charge in [0.1, 0.15) is 11.3 Å². The van der Waals surface area contributed by atoms with E-state index >= 15 is 0 Å². The molecule has 2 aromatic heterocycles. The normalized spacial score (nSPS) is 12.2. The van der Waals surface area contributed by atoms with Crippen molar-refractivity contribution in [3.8, 4) is 22.8 Å². The summed E-state index contributed by atoms with van der Waals surface area (Å²) in [5.41, 5.74) is 3.17. The van der Waals surface area contributed by atoms with Crippen molar-refractivity contribution in [2.75, 3.05) is 7.11 Å². The maximum absolute atomic E-state index is 12.6. The van der Waals surface area contributed by atoms with Crippen molar-refractivity contribution in [1.82, 2.24) is 19.5 Å². The fourth-order valence-corrected chi connectivity index (χ4v) is 3.63. The molecule has 0 saturated heterocycles. The zero-order chi connectivity index (χ0) is 20.5. The molecule has 0 aliphatic rings. The smallest absolute Gasteiger partial charge is 0.332 e. The lowest BCUT2D eigenvalue weighted by Crippen LogP contribution is -2.15. The molecule has 0 aliphatic heterocycles. The number of hydrogen-bond donors (Lipinski definition) is 1. The van der Waals surface area contributed by atoms with Gasteiger partial charge in [-0.15, -0.1) is 0 Å². The zero-order valence-corrected chi connectivity index (χ0v) is 16.5. The van der Waals surface area contributed by atoms with Crippen LogP contribution >= 0.6 is 0 Å². The van der Waals surface area contributed by atoms with Gasteiger partial charge in [0.2, 0.25) is 0 Å². The second kappa shape index (κ2) is 7.61. The Balaban J connectivity index is 1.91. The van der Waals surface area contributed by atoms with Gasteiger partial charge < -0.3 is 14.3 Å². The summed E-state index contributed by atoms with van der Waals surface area (Å²) < 4.78 is 28.8. The number of aryl methyl sites for hydroxylation is 1. The molecule has 8 nitrogen and oxygen atoms in total. The van der Waals surface area contributed by atoms with Crippen LogP contribution in [0.4, 0.5) is 0 Å². The number of benzene rings is 2. The second-order valence-electron chi connectivity index (χ2n) is 6.45. The summed E-state index contributed by atoms with van der Waals surface area (Å²) in [6, 6.07) is 14.1.